The first-order valence-corrected chi connectivity index (χ1v) is 6.33. The molecule has 1 saturated heterocycles. The van der Waals surface area contributed by atoms with Crippen LogP contribution in [0.3, 0.4) is 0 Å². The summed E-state index contributed by atoms with van der Waals surface area (Å²) in [5, 5.41) is 0. The second-order valence-corrected chi connectivity index (χ2v) is 5.11. The Bertz CT molecular complexity index is 458. The molecule has 0 aromatic carbocycles. The van der Waals surface area contributed by atoms with Crippen LogP contribution in [-0.4, -0.2) is 28.4 Å². The van der Waals surface area contributed by atoms with E-state index >= 15 is 0 Å². The summed E-state index contributed by atoms with van der Waals surface area (Å²) in [5.74, 6) is 0.649. The standard InChI is InChI=1S/C13H20N4O/c1-8(2)10-4-3-7-17(10)13(18)9-5-6-16-12(15)11(9)14/h5-6,8,10H,3-4,7,14H2,1-2H3,(H2,15,16). The third-order valence-electron chi connectivity index (χ3n) is 3.58. The number of carbonyl (C=O) groups excluding carboxylic acids is 1. The van der Waals surface area contributed by atoms with Crippen molar-refractivity contribution in [2.24, 2.45) is 5.92 Å². The third kappa shape index (κ3) is 2.12. The monoisotopic (exact) mass is 248 g/mol. The molecule has 2 heterocycles. The van der Waals surface area contributed by atoms with Crippen molar-refractivity contribution in [3.05, 3.63) is 17.8 Å². The van der Waals surface area contributed by atoms with Crippen LogP contribution in [0.4, 0.5) is 11.5 Å². The number of nitrogens with two attached hydrogens (primary N) is 2. The number of anilines is 2. The van der Waals surface area contributed by atoms with Gasteiger partial charge in [-0.15, -0.1) is 0 Å². The van der Waals surface area contributed by atoms with Crippen LogP contribution in [0, 0.1) is 5.92 Å². The van der Waals surface area contributed by atoms with Crippen molar-refractivity contribution in [2.75, 3.05) is 18.0 Å². The maximum atomic E-state index is 12.5. The summed E-state index contributed by atoms with van der Waals surface area (Å²) in [7, 11) is 0. The van der Waals surface area contributed by atoms with Crippen LogP contribution >= 0.6 is 0 Å². The Balaban J connectivity index is 2.28. The van der Waals surface area contributed by atoms with Crippen molar-refractivity contribution < 1.29 is 4.79 Å². The van der Waals surface area contributed by atoms with E-state index in [1.807, 2.05) is 4.90 Å². The molecule has 1 amide bonds. The fourth-order valence-corrected chi connectivity index (χ4v) is 2.57. The van der Waals surface area contributed by atoms with Gasteiger partial charge in [-0.3, -0.25) is 4.79 Å². The Morgan fingerprint density at radius 1 is 1.50 bits per heavy atom. The smallest absolute Gasteiger partial charge is 0.256 e. The van der Waals surface area contributed by atoms with Crippen molar-refractivity contribution in [1.82, 2.24) is 9.88 Å². The summed E-state index contributed by atoms with van der Waals surface area (Å²) < 4.78 is 0. The summed E-state index contributed by atoms with van der Waals surface area (Å²) in [5.41, 5.74) is 12.2. The molecule has 5 heteroatoms. The van der Waals surface area contributed by atoms with E-state index in [2.05, 4.69) is 18.8 Å². The minimum atomic E-state index is -0.0298. The lowest BCUT2D eigenvalue weighted by atomic mass is 10.0. The Kier molecular flexibility index (Phi) is 3.41. The average molecular weight is 248 g/mol. The summed E-state index contributed by atoms with van der Waals surface area (Å²) in [6.07, 6.45) is 3.64. The molecule has 2 rings (SSSR count). The molecule has 0 aliphatic carbocycles. The topological polar surface area (TPSA) is 85.2 Å². The van der Waals surface area contributed by atoms with E-state index in [1.165, 1.54) is 6.20 Å². The molecule has 0 bridgehead atoms. The van der Waals surface area contributed by atoms with Crippen molar-refractivity contribution in [3.8, 4) is 0 Å². The van der Waals surface area contributed by atoms with Crippen LogP contribution in [0.5, 0.6) is 0 Å². The zero-order valence-electron chi connectivity index (χ0n) is 10.9. The highest BCUT2D eigenvalue weighted by Gasteiger charge is 2.32. The number of nitrogens with zero attached hydrogens (tertiary/aromatic N) is 2. The quantitative estimate of drug-likeness (QED) is 0.830. The van der Waals surface area contributed by atoms with Gasteiger partial charge < -0.3 is 16.4 Å². The number of amides is 1. The van der Waals surface area contributed by atoms with Crippen LogP contribution < -0.4 is 11.5 Å². The molecule has 98 valence electrons. The van der Waals surface area contributed by atoms with E-state index in [9.17, 15) is 4.79 Å². The number of hydrogen-bond acceptors (Lipinski definition) is 4. The minimum Gasteiger partial charge on any atom is -0.395 e. The Morgan fingerprint density at radius 2 is 2.22 bits per heavy atom. The van der Waals surface area contributed by atoms with Crippen LogP contribution in [-0.2, 0) is 0 Å². The van der Waals surface area contributed by atoms with Crippen molar-refractivity contribution in [3.63, 3.8) is 0 Å². The van der Waals surface area contributed by atoms with E-state index in [0.29, 0.717) is 17.5 Å². The molecule has 0 radical (unpaired) electrons. The molecule has 1 aromatic rings. The molecular formula is C13H20N4O. The SMILES string of the molecule is CC(C)C1CCCN1C(=O)c1ccnc(N)c1N. The van der Waals surface area contributed by atoms with E-state index in [4.69, 9.17) is 11.5 Å². The van der Waals surface area contributed by atoms with Gasteiger partial charge in [0.05, 0.1) is 11.3 Å². The molecule has 18 heavy (non-hydrogen) atoms. The Hall–Kier alpha value is -1.78. The maximum Gasteiger partial charge on any atom is 0.256 e. The van der Waals surface area contributed by atoms with Gasteiger partial charge in [0.25, 0.3) is 5.91 Å². The van der Waals surface area contributed by atoms with Crippen LogP contribution in [0.25, 0.3) is 0 Å². The second-order valence-electron chi connectivity index (χ2n) is 5.11. The molecule has 1 unspecified atom stereocenters. The summed E-state index contributed by atoms with van der Waals surface area (Å²) in [4.78, 5) is 18.3. The van der Waals surface area contributed by atoms with Crippen LogP contribution in [0.1, 0.15) is 37.0 Å². The largest absolute Gasteiger partial charge is 0.395 e. The molecule has 1 aliphatic heterocycles. The molecule has 1 atom stereocenters. The van der Waals surface area contributed by atoms with Crippen molar-refractivity contribution >= 4 is 17.4 Å². The minimum absolute atomic E-state index is 0.0298. The van der Waals surface area contributed by atoms with Gasteiger partial charge in [0, 0.05) is 18.8 Å². The van der Waals surface area contributed by atoms with Gasteiger partial charge in [-0.05, 0) is 24.8 Å². The zero-order valence-corrected chi connectivity index (χ0v) is 10.9. The number of pyridine rings is 1. The normalized spacial score (nSPS) is 19.5. The fourth-order valence-electron chi connectivity index (χ4n) is 2.57. The van der Waals surface area contributed by atoms with E-state index in [0.717, 1.165) is 19.4 Å². The summed E-state index contributed by atoms with van der Waals surface area (Å²) in [6, 6.07) is 1.94. The fraction of sp³-hybridized carbons (Fsp3) is 0.538. The highest BCUT2D eigenvalue weighted by molar-refractivity contribution is 6.01. The Morgan fingerprint density at radius 3 is 2.89 bits per heavy atom. The van der Waals surface area contributed by atoms with Crippen molar-refractivity contribution in [2.45, 2.75) is 32.7 Å². The number of aromatic nitrogens is 1. The molecule has 1 aliphatic rings. The second kappa shape index (κ2) is 4.84. The lowest BCUT2D eigenvalue weighted by Gasteiger charge is -2.28. The molecule has 1 fully saturated rings. The van der Waals surface area contributed by atoms with Gasteiger partial charge >= 0.3 is 0 Å². The lowest BCUT2D eigenvalue weighted by molar-refractivity contribution is 0.0702. The summed E-state index contributed by atoms with van der Waals surface area (Å²) in [6.45, 7) is 5.07. The lowest BCUT2D eigenvalue weighted by Crippen LogP contribution is -2.38. The molecular weight excluding hydrogens is 228 g/mol. The van der Waals surface area contributed by atoms with Gasteiger partial charge in [-0.1, -0.05) is 13.8 Å². The van der Waals surface area contributed by atoms with Gasteiger partial charge in [-0.25, -0.2) is 4.98 Å². The maximum absolute atomic E-state index is 12.5. The van der Waals surface area contributed by atoms with Gasteiger partial charge in [0.2, 0.25) is 0 Å². The third-order valence-corrected chi connectivity index (χ3v) is 3.58. The number of nitrogen functional groups attached to an aromatic ring is 2. The van der Waals surface area contributed by atoms with E-state index in [-0.39, 0.29) is 17.4 Å². The first kappa shape index (κ1) is 12.7. The first-order valence-electron chi connectivity index (χ1n) is 6.33. The Labute approximate surface area is 107 Å². The van der Waals surface area contributed by atoms with E-state index in [1.54, 1.807) is 6.07 Å². The highest BCUT2D eigenvalue weighted by atomic mass is 16.2. The molecule has 0 saturated carbocycles. The molecule has 1 aromatic heterocycles. The summed E-state index contributed by atoms with van der Waals surface area (Å²) >= 11 is 0. The molecule has 5 nitrogen and oxygen atoms in total. The predicted octanol–water partition coefficient (Wildman–Crippen LogP) is 1.51. The van der Waals surface area contributed by atoms with Gasteiger partial charge in [0.1, 0.15) is 5.82 Å². The van der Waals surface area contributed by atoms with Crippen LogP contribution in [0.2, 0.25) is 0 Å². The van der Waals surface area contributed by atoms with Crippen molar-refractivity contribution in [1.29, 1.82) is 0 Å². The molecule has 4 N–H and O–H groups in total. The first-order chi connectivity index (χ1) is 8.52. The van der Waals surface area contributed by atoms with Gasteiger partial charge in [-0.2, -0.15) is 0 Å². The predicted molar refractivity (Wildman–Crippen MR) is 72.0 cm³/mol. The average Bonchev–Trinajstić information content (AvgIpc) is 2.81. The zero-order chi connectivity index (χ0) is 13.3. The van der Waals surface area contributed by atoms with Crippen LogP contribution in [0.15, 0.2) is 12.3 Å². The number of carbonyl (C=O) groups is 1. The number of hydrogen-bond donors (Lipinski definition) is 2. The van der Waals surface area contributed by atoms with Gasteiger partial charge in [0.15, 0.2) is 0 Å². The number of rotatable bonds is 2. The number of likely N-dealkylation sites (tertiary alicyclic amines) is 1. The molecule has 0 spiro atoms. The van der Waals surface area contributed by atoms with E-state index < -0.39 is 0 Å². The highest BCUT2D eigenvalue weighted by Crippen LogP contribution is 2.27.